The maximum absolute atomic E-state index is 11.5. The number of benzene rings is 1. The second-order valence-corrected chi connectivity index (χ2v) is 7.16. The van der Waals surface area contributed by atoms with Crippen LogP contribution in [0.3, 0.4) is 0 Å². The van der Waals surface area contributed by atoms with Crippen LogP contribution in [0.1, 0.15) is 12.0 Å². The van der Waals surface area contributed by atoms with Gasteiger partial charge >= 0.3 is 0 Å². The Morgan fingerprint density at radius 3 is 2.85 bits per heavy atom. The van der Waals surface area contributed by atoms with E-state index in [9.17, 15) is 13.7 Å². The van der Waals surface area contributed by atoms with E-state index >= 15 is 0 Å². The van der Waals surface area contributed by atoms with Crippen molar-refractivity contribution in [2.24, 2.45) is 0 Å². The number of para-hydroxylation sites is 1. The monoisotopic (exact) mass is 287 g/mol. The second-order valence-electron chi connectivity index (χ2n) is 4.93. The van der Waals surface area contributed by atoms with Gasteiger partial charge in [-0.3, -0.25) is 0 Å². The maximum Gasteiger partial charge on any atom is 0.152 e. The van der Waals surface area contributed by atoms with Gasteiger partial charge in [-0.1, -0.05) is 18.2 Å². The molecule has 0 bridgehead atoms. The summed E-state index contributed by atoms with van der Waals surface area (Å²) in [6.07, 6.45) is 0.557. The lowest BCUT2D eigenvalue weighted by molar-refractivity contribution is 0.602. The van der Waals surface area contributed by atoms with Crippen LogP contribution in [0.2, 0.25) is 0 Å². The van der Waals surface area contributed by atoms with Crippen molar-refractivity contribution >= 4 is 26.6 Å². The first-order chi connectivity index (χ1) is 9.57. The van der Waals surface area contributed by atoms with Crippen LogP contribution in [-0.2, 0) is 9.84 Å². The summed E-state index contributed by atoms with van der Waals surface area (Å²) in [7, 11) is -2.95. The predicted octanol–water partition coefficient (Wildman–Crippen LogP) is 1.71. The van der Waals surface area contributed by atoms with Crippen LogP contribution in [0.4, 0.5) is 5.82 Å². The van der Waals surface area contributed by atoms with E-state index in [0.717, 1.165) is 10.9 Å². The molecule has 6 heteroatoms. The number of nitriles is 1. The number of rotatable bonds is 2. The quantitative estimate of drug-likeness (QED) is 0.909. The van der Waals surface area contributed by atoms with E-state index in [0.29, 0.717) is 17.8 Å². The highest BCUT2D eigenvalue weighted by Gasteiger charge is 2.28. The summed E-state index contributed by atoms with van der Waals surface area (Å²) in [6, 6.07) is 11.2. The zero-order chi connectivity index (χ0) is 14.2. The van der Waals surface area contributed by atoms with E-state index in [-0.39, 0.29) is 17.5 Å². The molecule has 0 radical (unpaired) electrons. The Morgan fingerprint density at radius 1 is 1.35 bits per heavy atom. The highest BCUT2D eigenvalue weighted by atomic mass is 32.2. The van der Waals surface area contributed by atoms with E-state index in [4.69, 9.17) is 0 Å². The number of fused-ring (bicyclic) bond motifs is 1. The molecule has 1 fully saturated rings. The molecule has 0 saturated carbocycles. The largest absolute Gasteiger partial charge is 0.365 e. The molecule has 2 aromatic rings. The van der Waals surface area contributed by atoms with Crippen molar-refractivity contribution in [2.45, 2.75) is 12.5 Å². The van der Waals surface area contributed by atoms with Crippen molar-refractivity contribution in [3.05, 3.63) is 35.9 Å². The molecule has 1 aliphatic heterocycles. The van der Waals surface area contributed by atoms with Gasteiger partial charge < -0.3 is 5.32 Å². The fourth-order valence-electron chi connectivity index (χ4n) is 2.41. The summed E-state index contributed by atoms with van der Waals surface area (Å²) in [6.45, 7) is 0. The molecule has 0 aliphatic carbocycles. The Balaban J connectivity index is 1.97. The van der Waals surface area contributed by atoms with Gasteiger partial charge in [0.1, 0.15) is 11.9 Å². The van der Waals surface area contributed by atoms with Gasteiger partial charge in [-0.25, -0.2) is 13.4 Å². The summed E-state index contributed by atoms with van der Waals surface area (Å²) in [5.41, 5.74) is 1.22. The standard InChI is InChI=1S/C14H13N3O2S/c15-8-11-7-10-3-1-2-4-13(10)17-14(11)16-12-5-6-20(18,19)9-12/h1-4,7,12H,5-6,9H2,(H,16,17). The van der Waals surface area contributed by atoms with Crippen LogP contribution in [-0.4, -0.2) is 30.9 Å². The number of aromatic nitrogens is 1. The molecule has 0 amide bonds. The molecule has 5 nitrogen and oxygen atoms in total. The van der Waals surface area contributed by atoms with Gasteiger partial charge in [0.15, 0.2) is 9.84 Å². The lowest BCUT2D eigenvalue weighted by Gasteiger charge is -2.13. The Morgan fingerprint density at radius 2 is 2.15 bits per heavy atom. The molecule has 1 aromatic carbocycles. The smallest absolute Gasteiger partial charge is 0.152 e. The third kappa shape index (κ3) is 2.45. The van der Waals surface area contributed by atoms with Crippen molar-refractivity contribution in [3.63, 3.8) is 0 Å². The number of nitrogens with one attached hydrogen (secondary N) is 1. The highest BCUT2D eigenvalue weighted by molar-refractivity contribution is 7.91. The highest BCUT2D eigenvalue weighted by Crippen LogP contribution is 2.22. The van der Waals surface area contributed by atoms with Crippen molar-refractivity contribution < 1.29 is 8.42 Å². The number of pyridine rings is 1. The summed E-state index contributed by atoms with van der Waals surface area (Å²) in [5.74, 6) is 0.764. The Bertz CT molecular complexity index is 809. The fraction of sp³-hybridized carbons (Fsp3) is 0.286. The molecular formula is C14H13N3O2S. The summed E-state index contributed by atoms with van der Waals surface area (Å²) >= 11 is 0. The van der Waals surface area contributed by atoms with E-state index in [2.05, 4.69) is 16.4 Å². The van der Waals surface area contributed by atoms with Crippen LogP contribution in [0.15, 0.2) is 30.3 Å². The minimum absolute atomic E-state index is 0.104. The summed E-state index contributed by atoms with van der Waals surface area (Å²) in [4.78, 5) is 4.43. The Kier molecular flexibility index (Phi) is 3.07. The van der Waals surface area contributed by atoms with E-state index in [1.165, 1.54) is 0 Å². The number of hydrogen-bond acceptors (Lipinski definition) is 5. The van der Waals surface area contributed by atoms with Gasteiger partial charge in [0, 0.05) is 11.4 Å². The molecule has 1 unspecified atom stereocenters. The maximum atomic E-state index is 11.5. The number of sulfone groups is 1. The van der Waals surface area contributed by atoms with Crippen LogP contribution in [0, 0.1) is 11.3 Å². The van der Waals surface area contributed by atoms with E-state index in [1.54, 1.807) is 6.07 Å². The molecular weight excluding hydrogens is 274 g/mol. The van der Waals surface area contributed by atoms with Gasteiger partial charge in [0.05, 0.1) is 22.6 Å². The molecule has 3 rings (SSSR count). The first kappa shape index (κ1) is 12.9. The van der Waals surface area contributed by atoms with Gasteiger partial charge in [0.25, 0.3) is 0 Å². The van der Waals surface area contributed by atoms with Crippen LogP contribution >= 0.6 is 0 Å². The van der Waals surface area contributed by atoms with Crippen molar-refractivity contribution in [2.75, 3.05) is 16.8 Å². The van der Waals surface area contributed by atoms with Crippen molar-refractivity contribution in [3.8, 4) is 6.07 Å². The number of anilines is 1. The van der Waals surface area contributed by atoms with E-state index < -0.39 is 9.84 Å². The molecule has 2 heterocycles. The first-order valence-corrected chi connectivity index (χ1v) is 8.16. The second kappa shape index (κ2) is 4.76. The van der Waals surface area contributed by atoms with Crippen molar-refractivity contribution in [1.29, 1.82) is 5.26 Å². The Hall–Kier alpha value is -2.13. The molecule has 1 saturated heterocycles. The zero-order valence-corrected chi connectivity index (χ0v) is 11.5. The SMILES string of the molecule is N#Cc1cc2ccccc2nc1NC1CCS(=O)(=O)C1. The first-order valence-electron chi connectivity index (χ1n) is 6.34. The third-order valence-electron chi connectivity index (χ3n) is 3.42. The molecule has 1 aromatic heterocycles. The lowest BCUT2D eigenvalue weighted by Crippen LogP contribution is -2.21. The van der Waals surface area contributed by atoms with E-state index in [1.807, 2.05) is 24.3 Å². The summed E-state index contributed by atoms with van der Waals surface area (Å²) < 4.78 is 22.9. The van der Waals surface area contributed by atoms with Gasteiger partial charge in [-0.15, -0.1) is 0 Å². The minimum Gasteiger partial charge on any atom is -0.365 e. The normalized spacial score (nSPS) is 20.6. The third-order valence-corrected chi connectivity index (χ3v) is 5.19. The lowest BCUT2D eigenvalue weighted by atomic mass is 10.1. The zero-order valence-electron chi connectivity index (χ0n) is 10.7. The minimum atomic E-state index is -2.95. The van der Waals surface area contributed by atoms with Gasteiger partial charge in [-0.05, 0) is 18.6 Å². The molecule has 1 N–H and O–H groups in total. The van der Waals surface area contributed by atoms with Crippen LogP contribution < -0.4 is 5.32 Å². The molecule has 0 spiro atoms. The fourth-order valence-corrected chi connectivity index (χ4v) is 4.09. The topological polar surface area (TPSA) is 82.8 Å². The molecule has 1 atom stereocenters. The Labute approximate surface area is 117 Å². The average molecular weight is 287 g/mol. The molecule has 20 heavy (non-hydrogen) atoms. The number of nitrogens with zero attached hydrogens (tertiary/aromatic N) is 2. The van der Waals surface area contributed by atoms with Crippen LogP contribution in [0.5, 0.6) is 0 Å². The predicted molar refractivity (Wildman–Crippen MR) is 77.1 cm³/mol. The van der Waals surface area contributed by atoms with Gasteiger partial charge in [0.2, 0.25) is 0 Å². The number of hydrogen-bond donors (Lipinski definition) is 1. The average Bonchev–Trinajstić information content (AvgIpc) is 2.77. The summed E-state index contributed by atoms with van der Waals surface area (Å²) in [5, 5.41) is 13.2. The van der Waals surface area contributed by atoms with Crippen molar-refractivity contribution in [1.82, 2.24) is 4.98 Å². The molecule has 102 valence electrons. The van der Waals surface area contributed by atoms with Crippen LogP contribution in [0.25, 0.3) is 10.9 Å². The molecule has 1 aliphatic rings. The van der Waals surface area contributed by atoms with Gasteiger partial charge in [-0.2, -0.15) is 5.26 Å².